The van der Waals surface area contributed by atoms with Crippen LogP contribution in [-0.4, -0.2) is 11.6 Å². The van der Waals surface area contributed by atoms with Crippen LogP contribution in [0.3, 0.4) is 0 Å². The van der Waals surface area contributed by atoms with Gasteiger partial charge in [0.1, 0.15) is 0 Å². The quantitative estimate of drug-likeness (QED) is 0.789. The lowest BCUT2D eigenvalue weighted by Crippen LogP contribution is -2.13. The zero-order valence-electron chi connectivity index (χ0n) is 9.91. The predicted molar refractivity (Wildman–Crippen MR) is 63.5 cm³/mol. The summed E-state index contributed by atoms with van der Waals surface area (Å²) in [6.45, 7) is 5.47. The Balaban J connectivity index is 3.27. The van der Waals surface area contributed by atoms with Gasteiger partial charge in [-0.1, -0.05) is 26.0 Å². The van der Waals surface area contributed by atoms with Crippen LogP contribution in [0.5, 0.6) is 0 Å². The molecule has 0 bridgehead atoms. The van der Waals surface area contributed by atoms with Crippen molar-refractivity contribution in [3.63, 3.8) is 0 Å². The summed E-state index contributed by atoms with van der Waals surface area (Å²) in [5, 5.41) is 0. The Kier molecular flexibility index (Phi) is 3.96. The lowest BCUT2D eigenvalue weighted by atomic mass is 9.94. The van der Waals surface area contributed by atoms with Gasteiger partial charge in [-0.15, -0.1) is 0 Å². The molecule has 16 heavy (non-hydrogen) atoms. The topological polar surface area (TPSA) is 60.2 Å². The molecule has 0 spiro atoms. The fraction of sp³-hybridized carbons (Fsp3) is 0.385. The van der Waals surface area contributed by atoms with E-state index in [4.69, 9.17) is 5.73 Å². The number of nitrogens with two attached hydrogens (primary N) is 1. The van der Waals surface area contributed by atoms with Gasteiger partial charge >= 0.3 is 0 Å². The average molecular weight is 219 g/mol. The minimum absolute atomic E-state index is 0.0311. The Bertz CT molecular complexity index is 422. The first-order chi connectivity index (χ1) is 7.47. The van der Waals surface area contributed by atoms with Crippen LogP contribution in [0.15, 0.2) is 18.2 Å². The maximum absolute atomic E-state index is 11.9. The van der Waals surface area contributed by atoms with E-state index in [9.17, 15) is 9.59 Å². The molecule has 0 amide bonds. The van der Waals surface area contributed by atoms with Gasteiger partial charge in [-0.2, -0.15) is 0 Å². The lowest BCUT2D eigenvalue weighted by Gasteiger charge is -2.10. The molecule has 86 valence electrons. The van der Waals surface area contributed by atoms with E-state index in [1.807, 2.05) is 13.8 Å². The molecule has 0 saturated heterocycles. The van der Waals surface area contributed by atoms with E-state index >= 15 is 0 Å². The number of Topliss-reactive ketones (excluding diaryl/α,β-unsaturated/α-hetero) is 2. The maximum Gasteiger partial charge on any atom is 0.165 e. The Hall–Kier alpha value is -1.48. The molecule has 1 aromatic rings. The summed E-state index contributed by atoms with van der Waals surface area (Å²) in [7, 11) is 0. The van der Waals surface area contributed by atoms with E-state index in [0.29, 0.717) is 17.7 Å². The molecule has 3 heteroatoms. The number of rotatable bonds is 4. The third-order valence-corrected chi connectivity index (χ3v) is 2.53. The summed E-state index contributed by atoms with van der Waals surface area (Å²) in [5.41, 5.74) is 7.50. The van der Waals surface area contributed by atoms with Crippen LogP contribution in [0.4, 0.5) is 0 Å². The average Bonchev–Trinajstić information content (AvgIpc) is 2.26. The van der Waals surface area contributed by atoms with Crippen molar-refractivity contribution in [1.29, 1.82) is 0 Å². The second-order valence-corrected chi connectivity index (χ2v) is 4.15. The van der Waals surface area contributed by atoms with E-state index in [1.165, 1.54) is 6.92 Å². The number of ketones is 2. The molecule has 0 aliphatic rings. The van der Waals surface area contributed by atoms with Crippen molar-refractivity contribution in [2.24, 2.45) is 11.7 Å². The first kappa shape index (κ1) is 12.6. The van der Waals surface area contributed by atoms with Crippen molar-refractivity contribution in [3.05, 3.63) is 34.9 Å². The summed E-state index contributed by atoms with van der Waals surface area (Å²) in [4.78, 5) is 23.2. The Morgan fingerprint density at radius 2 is 1.94 bits per heavy atom. The molecule has 1 rings (SSSR count). The lowest BCUT2D eigenvalue weighted by molar-refractivity contribution is 0.0938. The van der Waals surface area contributed by atoms with Crippen LogP contribution in [-0.2, 0) is 6.54 Å². The smallest absolute Gasteiger partial charge is 0.165 e. The van der Waals surface area contributed by atoms with Gasteiger partial charge < -0.3 is 5.73 Å². The van der Waals surface area contributed by atoms with Crippen molar-refractivity contribution < 1.29 is 9.59 Å². The van der Waals surface area contributed by atoms with E-state index in [-0.39, 0.29) is 17.5 Å². The van der Waals surface area contributed by atoms with Gasteiger partial charge in [0.05, 0.1) is 0 Å². The minimum Gasteiger partial charge on any atom is -0.326 e. The number of carbonyl (C=O) groups is 2. The van der Waals surface area contributed by atoms with Crippen LogP contribution < -0.4 is 5.73 Å². The van der Waals surface area contributed by atoms with Crippen LogP contribution in [0, 0.1) is 5.92 Å². The fourth-order valence-electron chi connectivity index (χ4n) is 1.51. The van der Waals surface area contributed by atoms with Gasteiger partial charge in [0.15, 0.2) is 11.6 Å². The van der Waals surface area contributed by atoms with Gasteiger partial charge in [-0.05, 0) is 18.6 Å². The van der Waals surface area contributed by atoms with E-state index in [0.717, 1.165) is 5.56 Å². The molecular formula is C13H17NO2. The molecule has 2 N–H and O–H groups in total. The fourth-order valence-corrected chi connectivity index (χ4v) is 1.51. The van der Waals surface area contributed by atoms with Gasteiger partial charge in [0, 0.05) is 23.6 Å². The Morgan fingerprint density at radius 1 is 1.31 bits per heavy atom. The van der Waals surface area contributed by atoms with Gasteiger partial charge in [-0.3, -0.25) is 9.59 Å². The SMILES string of the molecule is CC(=O)c1ccc(CN)c(C(=O)C(C)C)c1. The molecule has 0 saturated carbocycles. The van der Waals surface area contributed by atoms with Gasteiger partial charge in [-0.25, -0.2) is 0 Å². The second kappa shape index (κ2) is 5.03. The second-order valence-electron chi connectivity index (χ2n) is 4.15. The molecule has 0 aromatic heterocycles. The number of benzene rings is 1. The molecule has 3 nitrogen and oxygen atoms in total. The van der Waals surface area contributed by atoms with E-state index < -0.39 is 0 Å². The summed E-state index contributed by atoms with van der Waals surface area (Å²) in [6.07, 6.45) is 0. The Labute approximate surface area is 95.6 Å². The highest BCUT2D eigenvalue weighted by Gasteiger charge is 2.15. The van der Waals surface area contributed by atoms with Crippen molar-refractivity contribution in [2.75, 3.05) is 0 Å². The number of hydrogen-bond acceptors (Lipinski definition) is 3. The number of carbonyl (C=O) groups excluding carboxylic acids is 2. The molecule has 0 radical (unpaired) electrons. The highest BCUT2D eigenvalue weighted by Crippen LogP contribution is 2.16. The standard InChI is InChI=1S/C13H17NO2/c1-8(2)13(16)12-6-10(9(3)15)4-5-11(12)7-14/h4-6,8H,7,14H2,1-3H3. The van der Waals surface area contributed by atoms with Crippen LogP contribution >= 0.6 is 0 Å². The van der Waals surface area contributed by atoms with E-state index in [1.54, 1.807) is 18.2 Å². The van der Waals surface area contributed by atoms with Crippen molar-refractivity contribution in [3.8, 4) is 0 Å². The third kappa shape index (κ3) is 2.55. The summed E-state index contributed by atoms with van der Waals surface area (Å²) in [6, 6.07) is 5.11. The van der Waals surface area contributed by atoms with Crippen molar-refractivity contribution in [2.45, 2.75) is 27.3 Å². The normalized spacial score (nSPS) is 10.6. The van der Waals surface area contributed by atoms with Crippen molar-refractivity contribution in [1.82, 2.24) is 0 Å². The zero-order valence-corrected chi connectivity index (χ0v) is 9.91. The summed E-state index contributed by atoms with van der Waals surface area (Å²) < 4.78 is 0. The first-order valence-corrected chi connectivity index (χ1v) is 5.35. The molecule has 0 heterocycles. The molecule has 0 atom stereocenters. The molecular weight excluding hydrogens is 202 g/mol. The van der Waals surface area contributed by atoms with Crippen LogP contribution in [0.2, 0.25) is 0 Å². The Morgan fingerprint density at radius 3 is 2.38 bits per heavy atom. The minimum atomic E-state index is -0.0903. The number of hydrogen-bond donors (Lipinski definition) is 1. The molecule has 0 unspecified atom stereocenters. The highest BCUT2D eigenvalue weighted by atomic mass is 16.1. The monoisotopic (exact) mass is 219 g/mol. The molecule has 1 aromatic carbocycles. The molecule has 0 aliphatic carbocycles. The first-order valence-electron chi connectivity index (χ1n) is 5.35. The van der Waals surface area contributed by atoms with Gasteiger partial charge in [0.2, 0.25) is 0 Å². The van der Waals surface area contributed by atoms with Crippen molar-refractivity contribution >= 4 is 11.6 Å². The maximum atomic E-state index is 11.9. The zero-order chi connectivity index (χ0) is 12.3. The summed E-state index contributed by atoms with van der Waals surface area (Å²) in [5.74, 6) is -0.0996. The van der Waals surface area contributed by atoms with Crippen LogP contribution in [0.1, 0.15) is 47.1 Å². The third-order valence-electron chi connectivity index (χ3n) is 2.53. The highest BCUT2D eigenvalue weighted by molar-refractivity contribution is 6.02. The van der Waals surface area contributed by atoms with Crippen LogP contribution in [0.25, 0.3) is 0 Å². The predicted octanol–water partition coefficient (Wildman–Crippen LogP) is 2.19. The summed E-state index contributed by atoms with van der Waals surface area (Å²) >= 11 is 0. The molecule has 0 aliphatic heterocycles. The van der Waals surface area contributed by atoms with E-state index in [2.05, 4.69) is 0 Å². The van der Waals surface area contributed by atoms with Gasteiger partial charge in [0.25, 0.3) is 0 Å². The largest absolute Gasteiger partial charge is 0.326 e. The molecule has 0 fully saturated rings.